The fourth-order valence-corrected chi connectivity index (χ4v) is 10.8. The molecule has 0 saturated heterocycles. The van der Waals surface area contributed by atoms with E-state index in [0.29, 0.717) is 39.3 Å². The average Bonchev–Trinajstić information content (AvgIpc) is 3.34. The van der Waals surface area contributed by atoms with Crippen molar-refractivity contribution in [3.8, 4) is 28.8 Å². The van der Waals surface area contributed by atoms with Gasteiger partial charge in [0.1, 0.15) is 42.9 Å². The molecule has 1 atom stereocenters. The summed E-state index contributed by atoms with van der Waals surface area (Å²) in [5, 5.41) is 12.3. The Morgan fingerprint density at radius 2 is 1.65 bits per heavy atom. The van der Waals surface area contributed by atoms with Gasteiger partial charge in [-0.1, -0.05) is 47.5 Å². The van der Waals surface area contributed by atoms with Crippen LogP contribution in [0.4, 0.5) is 10.6 Å². The Morgan fingerprint density at radius 3 is 2.21 bits per heavy atom. The van der Waals surface area contributed by atoms with E-state index in [1.807, 2.05) is 10.5 Å². The Kier molecular flexibility index (Phi) is 10.1. The number of carbonyl (C=O) groups is 2. The largest absolute Gasteiger partial charge is 0.444 e. The van der Waals surface area contributed by atoms with Gasteiger partial charge in [-0.2, -0.15) is 5.26 Å². The summed E-state index contributed by atoms with van der Waals surface area (Å²) in [7, 11) is -0.585. The maximum Gasteiger partial charge on any atom is 0.410 e. The van der Waals surface area contributed by atoms with Gasteiger partial charge in [0.25, 0.3) is 0 Å². The summed E-state index contributed by atoms with van der Waals surface area (Å²) < 4.78 is 7.28. The first kappa shape index (κ1) is 33.4. The highest BCUT2D eigenvalue weighted by Crippen LogP contribution is 2.41. The molecular formula is C33H44N6O3Si. The molecule has 0 bridgehead atoms. The second-order valence-corrected chi connectivity index (χ2v) is 18.5. The Bertz CT molecular complexity index is 1580. The fourth-order valence-electron chi connectivity index (χ4n) is 5.58. The number of anilines is 1. The van der Waals surface area contributed by atoms with E-state index in [9.17, 15) is 14.9 Å². The predicted molar refractivity (Wildman–Crippen MR) is 173 cm³/mol. The Balaban J connectivity index is 2.12. The molecule has 0 aliphatic rings. The molecule has 1 unspecified atom stereocenters. The average molecular weight is 601 g/mol. The third-order valence-corrected chi connectivity index (χ3v) is 14.3. The van der Waals surface area contributed by atoms with Gasteiger partial charge in [0.05, 0.1) is 17.5 Å². The first-order chi connectivity index (χ1) is 20.0. The van der Waals surface area contributed by atoms with Crippen molar-refractivity contribution in [2.24, 2.45) is 0 Å². The standard InChI is InChI=1S/C33H44N6O3Si/c1-21(2)43(22(3)4,23(5)6)17-16-27-26(28-19-35-30-15-12-25(18-34)20-39(28)30)13-14-29(36-27)37-31(40)24(7)38(11)32(41)42-33(8,9)10/h12-15,19-24H,1-11H3,(H,36,37,40). The number of nitrogens with zero attached hydrogens (tertiary/aromatic N) is 5. The highest BCUT2D eigenvalue weighted by Gasteiger charge is 2.41. The van der Waals surface area contributed by atoms with Crippen LogP contribution in [-0.4, -0.2) is 58.0 Å². The number of hydrogen-bond donors (Lipinski definition) is 1. The van der Waals surface area contributed by atoms with E-state index in [0.717, 1.165) is 11.3 Å². The van der Waals surface area contributed by atoms with E-state index in [1.165, 1.54) is 11.9 Å². The maximum absolute atomic E-state index is 13.2. The quantitative estimate of drug-likeness (QED) is 0.230. The van der Waals surface area contributed by atoms with Crippen molar-refractivity contribution < 1.29 is 14.3 Å². The molecule has 0 aliphatic heterocycles. The number of likely N-dealkylation sites (N-methyl/N-ethyl adjacent to an activating group) is 1. The van der Waals surface area contributed by atoms with Gasteiger partial charge in [0.2, 0.25) is 5.91 Å². The number of carbonyl (C=O) groups excluding carboxylic acids is 2. The van der Waals surface area contributed by atoms with Crippen LogP contribution in [0.3, 0.4) is 0 Å². The summed E-state index contributed by atoms with van der Waals surface area (Å²) in [4.78, 5) is 36.4. The number of nitriles is 1. The monoisotopic (exact) mass is 600 g/mol. The number of ether oxygens (including phenoxy) is 1. The zero-order chi connectivity index (χ0) is 32.3. The van der Waals surface area contributed by atoms with Crippen molar-refractivity contribution in [2.75, 3.05) is 12.4 Å². The number of rotatable bonds is 7. The van der Waals surface area contributed by atoms with Crippen LogP contribution in [0.15, 0.2) is 36.7 Å². The predicted octanol–water partition coefficient (Wildman–Crippen LogP) is 7.03. The lowest BCUT2D eigenvalue weighted by atomic mass is 10.1. The molecule has 2 amide bonds. The summed E-state index contributed by atoms with van der Waals surface area (Å²) in [6.45, 7) is 20.5. The number of fused-ring (bicyclic) bond motifs is 1. The third kappa shape index (κ3) is 7.26. The topological polar surface area (TPSA) is 113 Å². The second-order valence-electron chi connectivity index (χ2n) is 12.9. The lowest BCUT2D eigenvalue weighted by Crippen LogP contribution is -2.45. The van der Waals surface area contributed by atoms with E-state index in [4.69, 9.17) is 9.72 Å². The molecule has 0 radical (unpaired) electrons. The van der Waals surface area contributed by atoms with Crippen LogP contribution >= 0.6 is 0 Å². The maximum atomic E-state index is 13.2. The lowest BCUT2D eigenvalue weighted by molar-refractivity contribution is -0.120. The first-order valence-corrected chi connectivity index (χ1v) is 16.9. The SMILES string of the molecule is CC(C(=O)Nc1ccc(-c2cnc3ccc(C#N)cn23)c(C#C[Si](C(C)C)(C(C)C)C(C)C)n1)N(C)C(=O)OC(C)(C)C. The van der Waals surface area contributed by atoms with Crippen LogP contribution in [-0.2, 0) is 9.53 Å². The molecule has 3 rings (SSSR count). The van der Waals surface area contributed by atoms with Crippen molar-refractivity contribution in [1.29, 1.82) is 5.26 Å². The number of hydrogen-bond acceptors (Lipinski definition) is 6. The van der Waals surface area contributed by atoms with Crippen molar-refractivity contribution >= 4 is 31.5 Å². The molecule has 3 heterocycles. The smallest absolute Gasteiger partial charge is 0.410 e. The van der Waals surface area contributed by atoms with Gasteiger partial charge in [-0.3, -0.25) is 14.1 Å². The van der Waals surface area contributed by atoms with E-state index < -0.39 is 31.7 Å². The summed E-state index contributed by atoms with van der Waals surface area (Å²) in [6, 6.07) is 8.48. The van der Waals surface area contributed by atoms with Crippen LogP contribution in [0.25, 0.3) is 16.9 Å². The summed E-state index contributed by atoms with van der Waals surface area (Å²) in [6.07, 6.45) is 2.90. The highest BCUT2D eigenvalue weighted by atomic mass is 28.3. The number of imidazole rings is 1. The van der Waals surface area contributed by atoms with Crippen LogP contribution in [0.5, 0.6) is 0 Å². The lowest BCUT2D eigenvalue weighted by Gasteiger charge is -2.38. The van der Waals surface area contributed by atoms with Gasteiger partial charge >= 0.3 is 6.09 Å². The van der Waals surface area contributed by atoms with E-state index in [-0.39, 0.29) is 0 Å². The van der Waals surface area contributed by atoms with E-state index in [1.54, 1.807) is 58.3 Å². The normalized spacial score (nSPS) is 12.6. The van der Waals surface area contributed by atoms with Gasteiger partial charge in [-0.25, -0.2) is 14.8 Å². The zero-order valence-corrected chi connectivity index (χ0v) is 28.2. The Morgan fingerprint density at radius 1 is 1.02 bits per heavy atom. The minimum absolute atomic E-state index is 0.319. The number of pyridine rings is 2. The Hall–Kier alpha value is -4.15. The molecule has 3 aromatic rings. The number of amides is 2. The number of nitrogens with one attached hydrogen (secondary N) is 1. The summed E-state index contributed by atoms with van der Waals surface area (Å²) >= 11 is 0. The molecule has 0 spiro atoms. The van der Waals surface area contributed by atoms with Crippen molar-refractivity contribution in [2.45, 2.75) is 97.5 Å². The molecule has 0 fully saturated rings. The molecule has 1 N–H and O–H groups in total. The van der Waals surface area contributed by atoms with E-state index >= 15 is 0 Å². The van der Waals surface area contributed by atoms with E-state index in [2.05, 4.69) is 69.4 Å². The van der Waals surface area contributed by atoms with Gasteiger partial charge in [-0.05, 0) is 68.6 Å². The minimum Gasteiger partial charge on any atom is -0.444 e. The van der Waals surface area contributed by atoms with Crippen LogP contribution in [0.2, 0.25) is 16.6 Å². The minimum atomic E-state index is -2.11. The van der Waals surface area contributed by atoms with Gasteiger partial charge < -0.3 is 10.1 Å². The molecular weight excluding hydrogens is 556 g/mol. The number of aromatic nitrogens is 3. The van der Waals surface area contributed by atoms with Crippen LogP contribution in [0, 0.1) is 22.8 Å². The molecule has 43 heavy (non-hydrogen) atoms. The molecule has 9 nitrogen and oxygen atoms in total. The summed E-state index contributed by atoms with van der Waals surface area (Å²) in [5.74, 6) is 3.36. The van der Waals surface area contributed by atoms with Gasteiger partial charge in [0, 0.05) is 18.8 Å². The first-order valence-electron chi connectivity index (χ1n) is 14.7. The van der Waals surface area contributed by atoms with Gasteiger partial charge in [-0.15, -0.1) is 5.54 Å². The zero-order valence-electron chi connectivity index (χ0n) is 27.2. The molecule has 3 aromatic heterocycles. The van der Waals surface area contributed by atoms with Crippen molar-refractivity contribution in [3.63, 3.8) is 0 Å². The fraction of sp³-hybridized carbons (Fsp3) is 0.485. The Labute approximate surface area is 256 Å². The molecule has 10 heteroatoms. The van der Waals surface area contributed by atoms with Crippen LogP contribution in [0.1, 0.15) is 80.5 Å². The van der Waals surface area contributed by atoms with Crippen LogP contribution < -0.4 is 5.32 Å². The summed E-state index contributed by atoms with van der Waals surface area (Å²) in [5.41, 5.74) is 7.51. The van der Waals surface area contributed by atoms with Crippen molar-refractivity contribution in [3.05, 3.63) is 47.9 Å². The second kappa shape index (κ2) is 13.0. The van der Waals surface area contributed by atoms with Crippen molar-refractivity contribution in [1.82, 2.24) is 19.3 Å². The molecule has 228 valence electrons. The molecule has 0 aromatic carbocycles. The molecule has 0 saturated carbocycles. The molecule has 0 aliphatic carbocycles. The highest BCUT2D eigenvalue weighted by molar-refractivity contribution is 6.90. The third-order valence-electron chi connectivity index (χ3n) is 7.96. The van der Waals surface area contributed by atoms with Gasteiger partial charge in [0.15, 0.2) is 0 Å².